The molecule has 0 fully saturated rings. The molecule has 1 aromatic rings. The molecule has 4 nitrogen and oxygen atoms in total. The van der Waals surface area contributed by atoms with Gasteiger partial charge in [0, 0.05) is 13.1 Å². The van der Waals surface area contributed by atoms with Gasteiger partial charge in [0.05, 0.1) is 11.6 Å². The highest BCUT2D eigenvalue weighted by molar-refractivity contribution is 5.81. The van der Waals surface area contributed by atoms with E-state index in [1.54, 1.807) is 13.8 Å². The average Bonchev–Trinajstić information content (AvgIpc) is 2.42. The molecule has 21 heavy (non-hydrogen) atoms. The number of hydrogen-bond acceptors (Lipinski definition) is 3. The van der Waals surface area contributed by atoms with E-state index in [-0.39, 0.29) is 17.9 Å². The van der Waals surface area contributed by atoms with Gasteiger partial charge in [0.2, 0.25) is 5.91 Å². The monoisotopic (exact) mass is 292 g/mol. The lowest BCUT2D eigenvalue weighted by Crippen LogP contribution is -2.48. The van der Waals surface area contributed by atoms with Crippen LogP contribution < -0.4 is 5.32 Å². The highest BCUT2D eigenvalue weighted by Crippen LogP contribution is 2.13. The normalized spacial score (nSPS) is 14.8. The van der Waals surface area contributed by atoms with Crippen LogP contribution in [0.2, 0.25) is 0 Å². The maximum absolute atomic E-state index is 12.2. The fourth-order valence-electron chi connectivity index (χ4n) is 2.25. The summed E-state index contributed by atoms with van der Waals surface area (Å²) in [5.41, 5.74) is 0.413. The number of nitrogens with one attached hydrogen (secondary N) is 1. The summed E-state index contributed by atoms with van der Waals surface area (Å²) in [6, 6.07) is 9.88. The molecule has 1 aromatic carbocycles. The molecule has 1 rings (SSSR count). The first-order valence-electron chi connectivity index (χ1n) is 7.46. The Morgan fingerprint density at radius 3 is 2.38 bits per heavy atom. The molecule has 0 aliphatic carbocycles. The van der Waals surface area contributed by atoms with Gasteiger partial charge in [-0.05, 0) is 39.3 Å². The van der Waals surface area contributed by atoms with Gasteiger partial charge in [0.1, 0.15) is 0 Å². The third-order valence-corrected chi connectivity index (χ3v) is 3.63. The minimum Gasteiger partial charge on any atom is -0.389 e. The zero-order chi connectivity index (χ0) is 16.0. The summed E-state index contributed by atoms with van der Waals surface area (Å²) in [6.07, 6.45) is 0. The van der Waals surface area contributed by atoms with Gasteiger partial charge < -0.3 is 10.4 Å². The van der Waals surface area contributed by atoms with Crippen LogP contribution in [-0.4, -0.2) is 47.7 Å². The van der Waals surface area contributed by atoms with Gasteiger partial charge in [-0.3, -0.25) is 9.69 Å². The zero-order valence-electron chi connectivity index (χ0n) is 13.8. The Labute approximate surface area is 128 Å². The lowest BCUT2D eigenvalue weighted by atomic mass is 10.0. The number of carbonyl (C=O) groups is 1. The Hall–Kier alpha value is -1.39. The molecule has 2 unspecified atom stereocenters. The predicted octanol–water partition coefficient (Wildman–Crippen LogP) is 2.00. The number of amides is 1. The Morgan fingerprint density at radius 2 is 1.86 bits per heavy atom. The first-order valence-corrected chi connectivity index (χ1v) is 7.46. The van der Waals surface area contributed by atoms with Crippen molar-refractivity contribution >= 4 is 5.91 Å². The number of aliphatic hydroxyl groups is 1. The lowest BCUT2D eigenvalue weighted by molar-refractivity contribution is -0.126. The van der Waals surface area contributed by atoms with E-state index >= 15 is 0 Å². The average molecular weight is 292 g/mol. The van der Waals surface area contributed by atoms with E-state index in [2.05, 4.69) is 24.4 Å². The second-order valence-electron chi connectivity index (χ2n) is 6.46. The third-order valence-electron chi connectivity index (χ3n) is 3.63. The van der Waals surface area contributed by atoms with Crippen molar-refractivity contribution in [2.45, 2.75) is 45.3 Å². The van der Waals surface area contributed by atoms with E-state index in [1.165, 1.54) is 5.56 Å². The van der Waals surface area contributed by atoms with E-state index < -0.39 is 5.60 Å². The SMILES string of the molecule is CC(CNC(=O)C(C)N(C)CC(C)(C)O)c1ccccc1. The first kappa shape index (κ1) is 17.7. The summed E-state index contributed by atoms with van der Waals surface area (Å²) in [7, 11) is 1.85. The summed E-state index contributed by atoms with van der Waals surface area (Å²) in [5.74, 6) is 0.270. The molecule has 0 heterocycles. The second kappa shape index (κ2) is 7.57. The molecule has 0 aliphatic rings. The Bertz CT molecular complexity index is 440. The van der Waals surface area contributed by atoms with Crippen molar-refractivity contribution in [1.82, 2.24) is 10.2 Å². The Morgan fingerprint density at radius 1 is 1.29 bits per heavy atom. The molecule has 0 aliphatic heterocycles. The fourth-order valence-corrected chi connectivity index (χ4v) is 2.25. The quantitative estimate of drug-likeness (QED) is 0.808. The smallest absolute Gasteiger partial charge is 0.237 e. The van der Waals surface area contributed by atoms with Gasteiger partial charge >= 0.3 is 0 Å². The molecule has 118 valence electrons. The van der Waals surface area contributed by atoms with Crippen molar-refractivity contribution < 1.29 is 9.90 Å². The molecule has 0 radical (unpaired) electrons. The molecule has 1 amide bonds. The molecule has 0 spiro atoms. The predicted molar refractivity (Wildman–Crippen MR) is 86.3 cm³/mol. The number of rotatable bonds is 7. The molecule has 2 atom stereocenters. The van der Waals surface area contributed by atoms with Gasteiger partial charge in [-0.1, -0.05) is 37.3 Å². The third kappa shape index (κ3) is 6.27. The first-order chi connectivity index (χ1) is 9.70. The summed E-state index contributed by atoms with van der Waals surface area (Å²) < 4.78 is 0. The highest BCUT2D eigenvalue weighted by Gasteiger charge is 2.23. The molecular formula is C17H28N2O2. The molecule has 2 N–H and O–H groups in total. The number of carbonyl (C=O) groups excluding carboxylic acids is 1. The summed E-state index contributed by atoms with van der Waals surface area (Å²) in [5, 5.41) is 12.8. The standard InChI is InChI=1S/C17H28N2O2/c1-13(15-9-7-6-8-10-15)11-18-16(20)14(2)19(5)12-17(3,4)21/h6-10,13-14,21H,11-12H2,1-5H3,(H,18,20). The van der Waals surface area contributed by atoms with E-state index in [9.17, 15) is 9.90 Å². The highest BCUT2D eigenvalue weighted by atomic mass is 16.3. The van der Waals surface area contributed by atoms with Crippen LogP contribution in [0.5, 0.6) is 0 Å². The number of nitrogens with zero attached hydrogens (tertiary/aromatic N) is 1. The second-order valence-corrected chi connectivity index (χ2v) is 6.46. The van der Waals surface area contributed by atoms with E-state index in [0.29, 0.717) is 13.1 Å². The summed E-state index contributed by atoms with van der Waals surface area (Å²) >= 11 is 0. The van der Waals surface area contributed by atoms with Crippen molar-refractivity contribution in [3.05, 3.63) is 35.9 Å². The van der Waals surface area contributed by atoms with Crippen LogP contribution in [0, 0.1) is 0 Å². The maximum Gasteiger partial charge on any atom is 0.237 e. The topological polar surface area (TPSA) is 52.6 Å². The Kier molecular flexibility index (Phi) is 6.37. The van der Waals surface area contributed by atoms with E-state index in [0.717, 1.165) is 0 Å². The minimum absolute atomic E-state index is 0.00969. The summed E-state index contributed by atoms with van der Waals surface area (Å²) in [4.78, 5) is 14.0. The van der Waals surface area contributed by atoms with Crippen LogP contribution in [-0.2, 0) is 4.79 Å². The molecule has 0 saturated carbocycles. The largest absolute Gasteiger partial charge is 0.389 e. The zero-order valence-corrected chi connectivity index (χ0v) is 13.8. The van der Waals surface area contributed by atoms with Crippen molar-refractivity contribution in [3.63, 3.8) is 0 Å². The van der Waals surface area contributed by atoms with E-state index in [1.807, 2.05) is 37.1 Å². The lowest BCUT2D eigenvalue weighted by Gasteiger charge is -2.30. The summed E-state index contributed by atoms with van der Waals surface area (Å²) in [6.45, 7) is 8.51. The number of likely N-dealkylation sites (N-methyl/N-ethyl adjacent to an activating group) is 1. The molecule has 0 bridgehead atoms. The van der Waals surface area contributed by atoms with E-state index in [4.69, 9.17) is 0 Å². The van der Waals surface area contributed by atoms with Gasteiger partial charge in [-0.15, -0.1) is 0 Å². The van der Waals surface area contributed by atoms with Crippen LogP contribution in [0.25, 0.3) is 0 Å². The molecule has 4 heteroatoms. The van der Waals surface area contributed by atoms with Crippen molar-refractivity contribution in [2.24, 2.45) is 0 Å². The van der Waals surface area contributed by atoms with Gasteiger partial charge in [-0.25, -0.2) is 0 Å². The number of benzene rings is 1. The fraction of sp³-hybridized carbons (Fsp3) is 0.588. The van der Waals surface area contributed by atoms with Gasteiger partial charge in [0.15, 0.2) is 0 Å². The Balaban J connectivity index is 2.46. The van der Waals surface area contributed by atoms with Crippen LogP contribution >= 0.6 is 0 Å². The number of hydrogen-bond donors (Lipinski definition) is 2. The van der Waals surface area contributed by atoms with Crippen LogP contribution in [0.4, 0.5) is 0 Å². The van der Waals surface area contributed by atoms with Crippen LogP contribution in [0.15, 0.2) is 30.3 Å². The molecular weight excluding hydrogens is 264 g/mol. The minimum atomic E-state index is -0.805. The van der Waals surface area contributed by atoms with Gasteiger partial charge in [-0.2, -0.15) is 0 Å². The maximum atomic E-state index is 12.2. The van der Waals surface area contributed by atoms with Crippen molar-refractivity contribution in [2.75, 3.05) is 20.1 Å². The molecule has 0 saturated heterocycles. The van der Waals surface area contributed by atoms with Gasteiger partial charge in [0.25, 0.3) is 0 Å². The van der Waals surface area contributed by atoms with Crippen LogP contribution in [0.3, 0.4) is 0 Å². The van der Waals surface area contributed by atoms with Crippen molar-refractivity contribution in [1.29, 1.82) is 0 Å². The van der Waals surface area contributed by atoms with Crippen LogP contribution in [0.1, 0.15) is 39.2 Å². The molecule has 0 aromatic heterocycles. The van der Waals surface area contributed by atoms with Crippen molar-refractivity contribution in [3.8, 4) is 0 Å².